The first kappa shape index (κ1) is 17.6. The van der Waals surface area contributed by atoms with Crippen molar-refractivity contribution in [1.82, 2.24) is 24.6 Å². The van der Waals surface area contributed by atoms with Gasteiger partial charge in [-0.05, 0) is 30.9 Å². The van der Waals surface area contributed by atoms with E-state index >= 15 is 0 Å². The summed E-state index contributed by atoms with van der Waals surface area (Å²) in [4.78, 5) is 19.1. The number of amides is 1. The van der Waals surface area contributed by atoms with Gasteiger partial charge >= 0.3 is 0 Å². The number of aromatic nitrogens is 4. The molecular formula is C20H25N5O2. The zero-order valence-electron chi connectivity index (χ0n) is 15.8. The maximum absolute atomic E-state index is 12.7. The van der Waals surface area contributed by atoms with Crippen LogP contribution >= 0.6 is 0 Å². The first-order chi connectivity index (χ1) is 13.1. The fourth-order valence-corrected chi connectivity index (χ4v) is 3.72. The van der Waals surface area contributed by atoms with Crippen molar-refractivity contribution in [1.29, 1.82) is 0 Å². The van der Waals surface area contributed by atoms with Crippen molar-refractivity contribution in [3.05, 3.63) is 48.4 Å². The third kappa shape index (κ3) is 3.67. The van der Waals surface area contributed by atoms with Gasteiger partial charge in [0.25, 0.3) is 5.91 Å². The van der Waals surface area contributed by atoms with Gasteiger partial charge in [-0.1, -0.05) is 13.8 Å². The summed E-state index contributed by atoms with van der Waals surface area (Å²) in [6.07, 6.45) is 7.54. The van der Waals surface area contributed by atoms with E-state index < -0.39 is 0 Å². The molecule has 0 bridgehead atoms. The molecule has 0 atom stereocenters. The minimum atomic E-state index is -0.0204. The molecule has 1 amide bonds. The first-order valence-corrected chi connectivity index (χ1v) is 9.51. The highest BCUT2D eigenvalue weighted by molar-refractivity contribution is 5.93. The van der Waals surface area contributed by atoms with Crippen LogP contribution in [-0.2, 0) is 6.54 Å². The molecule has 1 saturated heterocycles. The van der Waals surface area contributed by atoms with E-state index in [-0.39, 0.29) is 5.91 Å². The van der Waals surface area contributed by atoms with E-state index in [0.717, 1.165) is 44.0 Å². The largest absolute Gasteiger partial charge is 0.463 e. The lowest BCUT2D eigenvalue weighted by Gasteiger charge is -2.32. The number of aromatic amines is 1. The molecule has 4 heterocycles. The number of H-pyrrole nitrogens is 1. The minimum Gasteiger partial charge on any atom is -0.463 e. The molecule has 0 unspecified atom stereocenters. The lowest BCUT2D eigenvalue weighted by Crippen LogP contribution is -2.39. The van der Waals surface area contributed by atoms with Crippen LogP contribution in [0.4, 0.5) is 0 Å². The molecule has 7 heteroatoms. The predicted molar refractivity (Wildman–Crippen MR) is 101 cm³/mol. The number of carbonyl (C=O) groups excluding carboxylic acids is 1. The Morgan fingerprint density at radius 3 is 2.89 bits per heavy atom. The van der Waals surface area contributed by atoms with Crippen molar-refractivity contribution in [3.8, 4) is 11.5 Å². The molecule has 0 spiro atoms. The van der Waals surface area contributed by atoms with Crippen molar-refractivity contribution < 1.29 is 9.21 Å². The molecule has 0 aromatic carbocycles. The van der Waals surface area contributed by atoms with Crippen molar-refractivity contribution in [2.24, 2.45) is 5.92 Å². The molecule has 27 heavy (non-hydrogen) atoms. The molecular weight excluding hydrogens is 342 g/mol. The van der Waals surface area contributed by atoms with Crippen LogP contribution < -0.4 is 0 Å². The second-order valence-electron chi connectivity index (χ2n) is 7.47. The van der Waals surface area contributed by atoms with Crippen LogP contribution in [0.15, 0.2) is 41.3 Å². The lowest BCUT2D eigenvalue weighted by atomic mass is 9.96. The summed E-state index contributed by atoms with van der Waals surface area (Å²) < 4.78 is 7.60. The average Bonchev–Trinajstić information content (AvgIpc) is 3.42. The zero-order chi connectivity index (χ0) is 18.8. The molecule has 142 valence electrons. The number of furan rings is 1. The van der Waals surface area contributed by atoms with Crippen LogP contribution in [0, 0.1) is 5.92 Å². The van der Waals surface area contributed by atoms with Gasteiger partial charge in [-0.3, -0.25) is 9.89 Å². The lowest BCUT2D eigenvalue weighted by molar-refractivity contribution is 0.0676. The summed E-state index contributed by atoms with van der Waals surface area (Å²) in [6.45, 7) is 6.83. The van der Waals surface area contributed by atoms with E-state index in [1.807, 2.05) is 23.2 Å². The highest BCUT2D eigenvalue weighted by Crippen LogP contribution is 2.24. The minimum absolute atomic E-state index is 0.0204. The number of rotatable bonds is 5. The molecule has 7 nitrogen and oxygen atoms in total. The second-order valence-corrected chi connectivity index (χ2v) is 7.47. The topological polar surface area (TPSA) is 80.0 Å². The van der Waals surface area contributed by atoms with Crippen molar-refractivity contribution in [2.45, 2.75) is 39.2 Å². The zero-order valence-corrected chi connectivity index (χ0v) is 15.8. The Morgan fingerprint density at radius 2 is 2.19 bits per heavy atom. The first-order valence-electron chi connectivity index (χ1n) is 9.51. The molecule has 0 radical (unpaired) electrons. The van der Waals surface area contributed by atoms with E-state index in [0.29, 0.717) is 23.3 Å². The second kappa shape index (κ2) is 7.42. The van der Waals surface area contributed by atoms with Gasteiger partial charge in [0.2, 0.25) is 0 Å². The van der Waals surface area contributed by atoms with Crippen LogP contribution in [0.25, 0.3) is 11.5 Å². The number of nitrogens with zero attached hydrogens (tertiary/aromatic N) is 4. The monoisotopic (exact) mass is 367 g/mol. The van der Waals surface area contributed by atoms with Crippen molar-refractivity contribution in [3.63, 3.8) is 0 Å². The number of likely N-dealkylation sites (tertiary alicyclic amines) is 1. The maximum atomic E-state index is 12.7. The third-order valence-corrected chi connectivity index (χ3v) is 5.20. The van der Waals surface area contributed by atoms with E-state index in [4.69, 9.17) is 4.42 Å². The molecule has 1 aliphatic heterocycles. The molecule has 0 aliphatic carbocycles. The van der Waals surface area contributed by atoms with Gasteiger partial charge in [-0.15, -0.1) is 0 Å². The highest BCUT2D eigenvalue weighted by Gasteiger charge is 2.26. The Hall–Kier alpha value is -2.83. The van der Waals surface area contributed by atoms with Crippen molar-refractivity contribution in [2.75, 3.05) is 13.1 Å². The molecule has 4 rings (SSSR count). The van der Waals surface area contributed by atoms with Gasteiger partial charge in [-0.25, -0.2) is 4.98 Å². The Bertz CT molecular complexity index is 885. The molecule has 3 aromatic heterocycles. The van der Waals surface area contributed by atoms with Crippen LogP contribution in [0.3, 0.4) is 0 Å². The quantitative estimate of drug-likeness (QED) is 0.748. The smallest absolute Gasteiger partial charge is 0.274 e. The van der Waals surface area contributed by atoms with E-state index in [2.05, 4.69) is 39.8 Å². The highest BCUT2D eigenvalue weighted by atomic mass is 16.3. The normalized spacial score (nSPS) is 15.6. The Labute approximate surface area is 158 Å². The standard InChI is InChI=1S/C20H25N5O2/c1-14(2)19-21-7-10-25(19)13-15-5-8-24(9-6-15)20(26)17-12-16(22-23-17)18-4-3-11-27-18/h3-4,7,10-12,14-15H,5-6,8-9,13H2,1-2H3,(H,22,23). The van der Waals surface area contributed by atoms with Gasteiger partial charge in [0.05, 0.1) is 6.26 Å². The van der Waals surface area contributed by atoms with E-state index in [1.165, 1.54) is 0 Å². The fourth-order valence-electron chi connectivity index (χ4n) is 3.72. The molecule has 1 aliphatic rings. The number of nitrogens with one attached hydrogen (secondary N) is 1. The summed E-state index contributed by atoms with van der Waals surface area (Å²) in [7, 11) is 0. The van der Waals surface area contributed by atoms with Gasteiger partial charge in [0.1, 0.15) is 11.5 Å². The van der Waals surface area contributed by atoms with Crippen LogP contribution in [0.1, 0.15) is 48.9 Å². The maximum Gasteiger partial charge on any atom is 0.274 e. The molecule has 1 fully saturated rings. The number of carbonyl (C=O) groups is 1. The average molecular weight is 367 g/mol. The van der Waals surface area contributed by atoms with E-state index in [1.54, 1.807) is 12.3 Å². The van der Waals surface area contributed by atoms with Crippen LogP contribution in [0.5, 0.6) is 0 Å². The predicted octanol–water partition coefficient (Wildman–Crippen LogP) is 3.54. The number of hydrogen-bond acceptors (Lipinski definition) is 4. The Morgan fingerprint density at radius 1 is 1.37 bits per heavy atom. The van der Waals surface area contributed by atoms with Crippen LogP contribution in [0.2, 0.25) is 0 Å². The molecule has 0 saturated carbocycles. The summed E-state index contributed by atoms with van der Waals surface area (Å²) in [6, 6.07) is 5.41. The number of piperidine rings is 1. The molecule has 3 aromatic rings. The SMILES string of the molecule is CC(C)c1nccn1CC1CCN(C(=O)c2cc(-c3ccco3)[nH]n2)CC1. The van der Waals surface area contributed by atoms with Gasteiger partial charge in [0, 0.05) is 44.0 Å². The van der Waals surface area contributed by atoms with Crippen molar-refractivity contribution >= 4 is 5.91 Å². The number of imidazole rings is 1. The molecule has 1 N–H and O–H groups in total. The summed E-state index contributed by atoms with van der Waals surface area (Å²) in [5.74, 6) is 2.79. The van der Waals surface area contributed by atoms with E-state index in [9.17, 15) is 4.79 Å². The fraction of sp³-hybridized carbons (Fsp3) is 0.450. The Kier molecular flexibility index (Phi) is 4.83. The Balaban J connectivity index is 1.35. The third-order valence-electron chi connectivity index (χ3n) is 5.20. The summed E-state index contributed by atoms with van der Waals surface area (Å²) in [5.41, 5.74) is 1.16. The van der Waals surface area contributed by atoms with Gasteiger partial charge in [-0.2, -0.15) is 5.10 Å². The van der Waals surface area contributed by atoms with Gasteiger partial charge < -0.3 is 13.9 Å². The summed E-state index contributed by atoms with van der Waals surface area (Å²) in [5, 5.41) is 7.05. The van der Waals surface area contributed by atoms with Crippen LogP contribution in [-0.4, -0.2) is 43.6 Å². The number of hydrogen-bond donors (Lipinski definition) is 1. The van der Waals surface area contributed by atoms with Gasteiger partial charge in [0.15, 0.2) is 11.5 Å². The summed E-state index contributed by atoms with van der Waals surface area (Å²) >= 11 is 0.